The van der Waals surface area contributed by atoms with Crippen molar-refractivity contribution in [1.82, 2.24) is 4.98 Å². The van der Waals surface area contributed by atoms with Gasteiger partial charge in [-0.1, -0.05) is 0 Å². The van der Waals surface area contributed by atoms with Crippen LogP contribution in [0.5, 0.6) is 0 Å². The van der Waals surface area contributed by atoms with Crippen molar-refractivity contribution >= 4 is 17.3 Å². The minimum absolute atomic E-state index is 0.0819. The first kappa shape index (κ1) is 11.6. The van der Waals surface area contributed by atoms with Crippen LogP contribution >= 0.6 is 0 Å². The molecule has 0 saturated heterocycles. The highest BCUT2D eigenvalue weighted by molar-refractivity contribution is 5.56. The zero-order chi connectivity index (χ0) is 12.4. The van der Waals surface area contributed by atoms with E-state index in [4.69, 9.17) is 0 Å². The summed E-state index contributed by atoms with van der Waals surface area (Å²) < 4.78 is 0. The average Bonchev–Trinajstić information content (AvgIpc) is 3.12. The average molecular weight is 236 g/mol. The summed E-state index contributed by atoms with van der Waals surface area (Å²) in [4.78, 5) is 16.9. The van der Waals surface area contributed by atoms with Crippen LogP contribution in [0, 0.1) is 10.1 Å². The molecule has 0 amide bonds. The van der Waals surface area contributed by atoms with Gasteiger partial charge in [0.2, 0.25) is 0 Å². The van der Waals surface area contributed by atoms with Crippen LogP contribution in [0.25, 0.3) is 0 Å². The summed E-state index contributed by atoms with van der Waals surface area (Å²) in [5.41, 5.74) is 0.0819. The fraction of sp³-hybridized carbons (Fsp3) is 0.545. The Morgan fingerprint density at radius 1 is 1.59 bits per heavy atom. The van der Waals surface area contributed by atoms with E-state index in [1.165, 1.54) is 12.1 Å². The molecule has 1 aromatic heterocycles. The van der Waals surface area contributed by atoms with Gasteiger partial charge in [-0.3, -0.25) is 10.1 Å². The number of nitrogens with zero attached hydrogens (tertiary/aromatic N) is 3. The minimum atomic E-state index is -0.382. The molecule has 1 saturated carbocycles. The van der Waals surface area contributed by atoms with Crippen molar-refractivity contribution < 1.29 is 4.92 Å². The lowest BCUT2D eigenvalue weighted by molar-refractivity contribution is -0.384. The normalized spacial score (nSPS) is 14.5. The van der Waals surface area contributed by atoms with E-state index in [2.05, 4.69) is 10.3 Å². The fourth-order valence-electron chi connectivity index (χ4n) is 1.71. The highest BCUT2D eigenvalue weighted by Gasteiger charge is 2.28. The Bertz CT molecular complexity index is 431. The first-order valence-corrected chi connectivity index (χ1v) is 5.75. The van der Waals surface area contributed by atoms with Crippen LogP contribution in [0.4, 0.5) is 17.3 Å². The van der Waals surface area contributed by atoms with Gasteiger partial charge in [0.1, 0.15) is 11.6 Å². The van der Waals surface area contributed by atoms with Crippen LogP contribution in [0.15, 0.2) is 12.1 Å². The van der Waals surface area contributed by atoms with Crippen molar-refractivity contribution in [2.45, 2.75) is 25.8 Å². The van der Waals surface area contributed by atoms with Gasteiger partial charge in [-0.15, -0.1) is 0 Å². The van der Waals surface area contributed by atoms with Gasteiger partial charge >= 0.3 is 0 Å². The van der Waals surface area contributed by atoms with Gasteiger partial charge in [-0.2, -0.15) is 0 Å². The van der Waals surface area contributed by atoms with Gasteiger partial charge < -0.3 is 10.2 Å². The lowest BCUT2D eigenvalue weighted by Crippen LogP contribution is -2.21. The van der Waals surface area contributed by atoms with Crippen LogP contribution < -0.4 is 10.2 Å². The molecule has 92 valence electrons. The van der Waals surface area contributed by atoms with E-state index in [1.807, 2.05) is 18.9 Å². The highest BCUT2D eigenvalue weighted by atomic mass is 16.6. The summed E-state index contributed by atoms with van der Waals surface area (Å²) in [5, 5.41) is 13.9. The molecule has 1 aromatic rings. The number of aromatic nitrogens is 1. The molecular weight excluding hydrogens is 220 g/mol. The zero-order valence-corrected chi connectivity index (χ0v) is 10.0. The molecule has 0 aliphatic heterocycles. The van der Waals surface area contributed by atoms with Gasteiger partial charge in [0.15, 0.2) is 0 Å². The summed E-state index contributed by atoms with van der Waals surface area (Å²) in [6.45, 7) is 2.63. The zero-order valence-electron chi connectivity index (χ0n) is 10.0. The molecule has 1 aliphatic rings. The van der Waals surface area contributed by atoms with E-state index < -0.39 is 0 Å². The SMILES string of the molecule is CCNc1cc([N+](=O)[O-])cc(N(C)C2CC2)n1. The summed E-state index contributed by atoms with van der Waals surface area (Å²) in [7, 11) is 1.93. The lowest BCUT2D eigenvalue weighted by Gasteiger charge is -2.18. The molecule has 0 unspecified atom stereocenters. The van der Waals surface area contributed by atoms with Gasteiger partial charge in [0, 0.05) is 19.6 Å². The summed E-state index contributed by atoms with van der Waals surface area (Å²) >= 11 is 0. The quantitative estimate of drug-likeness (QED) is 0.625. The third kappa shape index (κ3) is 2.64. The first-order chi connectivity index (χ1) is 8.11. The van der Waals surface area contributed by atoms with E-state index in [0.29, 0.717) is 24.2 Å². The molecule has 0 spiro atoms. The molecule has 2 rings (SSSR count). The maximum absolute atomic E-state index is 10.8. The molecule has 6 nitrogen and oxygen atoms in total. The minimum Gasteiger partial charge on any atom is -0.370 e. The van der Waals surface area contributed by atoms with E-state index in [-0.39, 0.29) is 10.6 Å². The number of pyridine rings is 1. The Balaban J connectivity index is 2.32. The topological polar surface area (TPSA) is 71.3 Å². The predicted octanol–water partition coefficient (Wildman–Crippen LogP) is 2.02. The van der Waals surface area contributed by atoms with Gasteiger partial charge in [0.05, 0.1) is 17.1 Å². The molecule has 0 atom stereocenters. The van der Waals surface area contributed by atoms with Crippen molar-refractivity contribution in [3.05, 3.63) is 22.2 Å². The van der Waals surface area contributed by atoms with Crippen molar-refractivity contribution in [3.8, 4) is 0 Å². The smallest absolute Gasteiger partial charge is 0.276 e. The van der Waals surface area contributed by atoms with Crippen LogP contribution in [0.2, 0.25) is 0 Å². The fourth-order valence-corrected chi connectivity index (χ4v) is 1.71. The largest absolute Gasteiger partial charge is 0.370 e. The van der Waals surface area contributed by atoms with Crippen molar-refractivity contribution in [2.75, 3.05) is 23.8 Å². The number of nitrogens with one attached hydrogen (secondary N) is 1. The van der Waals surface area contributed by atoms with Crippen molar-refractivity contribution in [3.63, 3.8) is 0 Å². The molecule has 1 N–H and O–H groups in total. The second kappa shape index (κ2) is 4.57. The Hall–Kier alpha value is -1.85. The van der Waals surface area contributed by atoms with E-state index in [0.717, 1.165) is 12.8 Å². The molecule has 17 heavy (non-hydrogen) atoms. The summed E-state index contributed by atoms with van der Waals surface area (Å²) in [6.07, 6.45) is 2.27. The predicted molar refractivity (Wildman–Crippen MR) is 66.5 cm³/mol. The molecule has 1 aliphatic carbocycles. The maximum atomic E-state index is 10.8. The number of hydrogen-bond acceptors (Lipinski definition) is 5. The molecule has 0 radical (unpaired) electrons. The molecule has 0 aromatic carbocycles. The standard InChI is InChI=1S/C11H16N4O2/c1-3-12-10-6-9(15(16)17)7-11(13-10)14(2)8-4-5-8/h6-8H,3-5H2,1-2H3,(H,12,13). The molecule has 1 fully saturated rings. The first-order valence-electron chi connectivity index (χ1n) is 5.75. The van der Waals surface area contributed by atoms with Crippen LogP contribution in [-0.4, -0.2) is 29.5 Å². The molecule has 6 heteroatoms. The Morgan fingerprint density at radius 3 is 2.82 bits per heavy atom. The van der Waals surface area contributed by atoms with Crippen LogP contribution in [-0.2, 0) is 0 Å². The Labute approximate surface area is 99.8 Å². The number of anilines is 2. The molecule has 0 bridgehead atoms. The summed E-state index contributed by atoms with van der Waals surface area (Å²) in [6, 6.07) is 3.48. The van der Waals surface area contributed by atoms with Crippen LogP contribution in [0.1, 0.15) is 19.8 Å². The second-order valence-electron chi connectivity index (χ2n) is 4.20. The summed E-state index contributed by atoms with van der Waals surface area (Å²) in [5.74, 6) is 1.22. The van der Waals surface area contributed by atoms with Crippen molar-refractivity contribution in [1.29, 1.82) is 0 Å². The van der Waals surface area contributed by atoms with E-state index in [1.54, 1.807) is 0 Å². The molecule has 1 heterocycles. The highest BCUT2D eigenvalue weighted by Crippen LogP contribution is 2.31. The Morgan fingerprint density at radius 2 is 2.29 bits per heavy atom. The maximum Gasteiger partial charge on any atom is 0.276 e. The molecular formula is C11H16N4O2. The van der Waals surface area contributed by atoms with Crippen LogP contribution in [0.3, 0.4) is 0 Å². The Kier molecular flexibility index (Phi) is 3.12. The van der Waals surface area contributed by atoms with Gasteiger partial charge in [-0.25, -0.2) is 4.98 Å². The number of hydrogen-bond donors (Lipinski definition) is 1. The monoisotopic (exact) mass is 236 g/mol. The number of rotatable bonds is 5. The van der Waals surface area contributed by atoms with E-state index in [9.17, 15) is 10.1 Å². The van der Waals surface area contributed by atoms with E-state index >= 15 is 0 Å². The van der Waals surface area contributed by atoms with Gasteiger partial charge in [0.25, 0.3) is 5.69 Å². The number of nitro groups is 1. The van der Waals surface area contributed by atoms with Gasteiger partial charge in [-0.05, 0) is 19.8 Å². The third-order valence-corrected chi connectivity index (χ3v) is 2.82. The van der Waals surface area contributed by atoms with Crippen molar-refractivity contribution in [2.24, 2.45) is 0 Å². The third-order valence-electron chi connectivity index (χ3n) is 2.82. The second-order valence-corrected chi connectivity index (χ2v) is 4.20. The lowest BCUT2D eigenvalue weighted by atomic mass is 10.3.